The highest BCUT2D eigenvalue weighted by molar-refractivity contribution is 5.72. The van der Waals surface area contributed by atoms with E-state index in [4.69, 9.17) is 0 Å². The Balaban J connectivity index is 2.66. The molecule has 1 amide bonds. The molecule has 4 nitrogen and oxygen atoms in total. The maximum Gasteiger partial charge on any atom is 0.216 e. The summed E-state index contributed by atoms with van der Waals surface area (Å²) < 4.78 is 0. The molecule has 0 bridgehead atoms. The summed E-state index contributed by atoms with van der Waals surface area (Å²) in [4.78, 5) is 10.7. The number of aliphatic hydroxyl groups excluding tert-OH is 2. The molecule has 0 heterocycles. The van der Waals surface area contributed by atoms with Crippen molar-refractivity contribution in [2.24, 2.45) is 0 Å². The summed E-state index contributed by atoms with van der Waals surface area (Å²) >= 11 is 0. The van der Waals surface area contributed by atoms with E-state index in [1.54, 1.807) is 12.1 Å². The third-order valence-corrected chi connectivity index (χ3v) is 2.43. The van der Waals surface area contributed by atoms with E-state index in [2.05, 4.69) is 5.32 Å². The van der Waals surface area contributed by atoms with Gasteiger partial charge in [-0.3, -0.25) is 4.79 Å². The van der Waals surface area contributed by atoms with Crippen molar-refractivity contribution in [2.75, 3.05) is 6.54 Å². The third-order valence-electron chi connectivity index (χ3n) is 2.43. The zero-order chi connectivity index (χ0) is 12.1. The fraction of sp³-hybridized carbons (Fsp3) is 0.417. The minimum absolute atomic E-state index is 0.0465. The van der Waals surface area contributed by atoms with Gasteiger partial charge in [0.15, 0.2) is 0 Å². The highest BCUT2D eigenvalue weighted by Gasteiger charge is 2.19. The number of aliphatic hydroxyl groups is 2. The first-order chi connectivity index (χ1) is 7.52. The highest BCUT2D eigenvalue weighted by Crippen LogP contribution is 2.19. The van der Waals surface area contributed by atoms with Crippen molar-refractivity contribution in [3.63, 3.8) is 0 Å². The maximum absolute atomic E-state index is 10.7. The minimum Gasteiger partial charge on any atom is -0.388 e. The average molecular weight is 223 g/mol. The van der Waals surface area contributed by atoms with Gasteiger partial charge in [0.2, 0.25) is 5.91 Å². The number of rotatable bonds is 4. The Hall–Kier alpha value is -1.39. The molecule has 0 saturated carbocycles. The number of hydrogen-bond donors (Lipinski definition) is 3. The second kappa shape index (κ2) is 5.63. The van der Waals surface area contributed by atoms with Crippen LogP contribution in [-0.4, -0.2) is 28.8 Å². The van der Waals surface area contributed by atoms with E-state index in [9.17, 15) is 15.0 Å². The molecule has 0 radical (unpaired) electrons. The number of aryl methyl sites for hydroxylation is 1. The average Bonchev–Trinajstić information content (AvgIpc) is 2.25. The van der Waals surface area contributed by atoms with Gasteiger partial charge < -0.3 is 15.5 Å². The molecular weight excluding hydrogens is 206 g/mol. The predicted molar refractivity (Wildman–Crippen MR) is 60.8 cm³/mol. The molecule has 1 rings (SSSR count). The van der Waals surface area contributed by atoms with Crippen LogP contribution in [0.3, 0.4) is 0 Å². The van der Waals surface area contributed by atoms with Crippen LogP contribution in [0.5, 0.6) is 0 Å². The summed E-state index contributed by atoms with van der Waals surface area (Å²) in [5, 5.41) is 22.0. The van der Waals surface area contributed by atoms with Gasteiger partial charge in [-0.25, -0.2) is 0 Å². The Kier molecular flexibility index (Phi) is 4.46. The molecule has 0 saturated heterocycles. The second-order valence-electron chi connectivity index (χ2n) is 3.81. The SMILES string of the molecule is CC(=O)NCC(O)C(O)c1ccccc1C. The van der Waals surface area contributed by atoms with Crippen molar-refractivity contribution in [1.82, 2.24) is 5.32 Å². The van der Waals surface area contributed by atoms with Crippen molar-refractivity contribution in [3.05, 3.63) is 35.4 Å². The van der Waals surface area contributed by atoms with Crippen molar-refractivity contribution < 1.29 is 15.0 Å². The van der Waals surface area contributed by atoms with Crippen molar-refractivity contribution >= 4 is 5.91 Å². The Labute approximate surface area is 94.9 Å². The Morgan fingerprint density at radius 2 is 2.00 bits per heavy atom. The summed E-state index contributed by atoms with van der Waals surface area (Å²) in [6.07, 6.45) is -1.97. The van der Waals surface area contributed by atoms with Crippen LogP contribution >= 0.6 is 0 Å². The number of amides is 1. The Morgan fingerprint density at radius 3 is 2.56 bits per heavy atom. The highest BCUT2D eigenvalue weighted by atomic mass is 16.3. The lowest BCUT2D eigenvalue weighted by atomic mass is 9.99. The van der Waals surface area contributed by atoms with Gasteiger partial charge in [0, 0.05) is 13.5 Å². The molecule has 0 fully saturated rings. The van der Waals surface area contributed by atoms with Gasteiger partial charge in [0.05, 0.1) is 0 Å². The van der Waals surface area contributed by atoms with Gasteiger partial charge in [-0.1, -0.05) is 24.3 Å². The van der Waals surface area contributed by atoms with E-state index in [1.165, 1.54) is 6.92 Å². The van der Waals surface area contributed by atoms with Gasteiger partial charge in [-0.05, 0) is 18.1 Å². The van der Waals surface area contributed by atoms with Gasteiger partial charge in [-0.15, -0.1) is 0 Å². The molecule has 0 spiro atoms. The van der Waals surface area contributed by atoms with Crippen molar-refractivity contribution in [2.45, 2.75) is 26.1 Å². The molecule has 4 heteroatoms. The first-order valence-electron chi connectivity index (χ1n) is 5.18. The standard InChI is InChI=1S/C12H17NO3/c1-8-5-3-4-6-10(8)12(16)11(15)7-13-9(2)14/h3-6,11-12,15-16H,7H2,1-2H3,(H,13,14). The Morgan fingerprint density at radius 1 is 1.38 bits per heavy atom. The summed E-state index contributed by atoms with van der Waals surface area (Å²) in [5.41, 5.74) is 1.59. The van der Waals surface area contributed by atoms with E-state index < -0.39 is 12.2 Å². The number of carbonyl (C=O) groups excluding carboxylic acids is 1. The third kappa shape index (κ3) is 3.32. The lowest BCUT2D eigenvalue weighted by Crippen LogP contribution is -2.34. The van der Waals surface area contributed by atoms with Gasteiger partial charge in [0.1, 0.15) is 12.2 Å². The minimum atomic E-state index is -0.995. The quantitative estimate of drug-likeness (QED) is 0.697. The number of nitrogens with one attached hydrogen (secondary N) is 1. The predicted octanol–water partition coefficient (Wildman–Crippen LogP) is 0.525. The van der Waals surface area contributed by atoms with Crippen LogP contribution < -0.4 is 5.32 Å². The van der Waals surface area contributed by atoms with Crippen LogP contribution in [0, 0.1) is 6.92 Å². The molecule has 0 aliphatic heterocycles. The van der Waals surface area contributed by atoms with Crippen molar-refractivity contribution in [1.29, 1.82) is 0 Å². The molecule has 1 aromatic rings. The molecule has 0 aliphatic rings. The number of carbonyl (C=O) groups is 1. The smallest absolute Gasteiger partial charge is 0.216 e. The Bertz CT molecular complexity index is 365. The van der Waals surface area contributed by atoms with Gasteiger partial charge in [0.25, 0.3) is 0 Å². The summed E-state index contributed by atoms with van der Waals surface area (Å²) in [7, 11) is 0. The lowest BCUT2D eigenvalue weighted by Gasteiger charge is -2.19. The first-order valence-corrected chi connectivity index (χ1v) is 5.18. The van der Waals surface area contributed by atoms with Crippen LogP contribution in [0.15, 0.2) is 24.3 Å². The molecule has 2 atom stereocenters. The van der Waals surface area contributed by atoms with Gasteiger partial charge in [-0.2, -0.15) is 0 Å². The monoisotopic (exact) mass is 223 g/mol. The summed E-state index contributed by atoms with van der Waals surface area (Å²) in [5.74, 6) is -0.226. The summed E-state index contributed by atoms with van der Waals surface area (Å²) in [6, 6.07) is 7.29. The molecule has 2 unspecified atom stereocenters. The fourth-order valence-corrected chi connectivity index (χ4v) is 1.49. The molecule has 16 heavy (non-hydrogen) atoms. The number of hydrogen-bond acceptors (Lipinski definition) is 3. The molecule has 0 aliphatic carbocycles. The van der Waals surface area contributed by atoms with E-state index in [0.717, 1.165) is 5.56 Å². The maximum atomic E-state index is 10.7. The van der Waals surface area contributed by atoms with Crippen LogP contribution in [0.25, 0.3) is 0 Å². The second-order valence-corrected chi connectivity index (χ2v) is 3.81. The lowest BCUT2D eigenvalue weighted by molar-refractivity contribution is -0.119. The molecule has 1 aromatic carbocycles. The van der Waals surface area contributed by atoms with Crippen LogP contribution in [0.4, 0.5) is 0 Å². The topological polar surface area (TPSA) is 69.6 Å². The summed E-state index contributed by atoms with van der Waals surface area (Å²) in [6.45, 7) is 3.28. The zero-order valence-corrected chi connectivity index (χ0v) is 9.47. The van der Waals surface area contributed by atoms with E-state index in [-0.39, 0.29) is 12.5 Å². The van der Waals surface area contributed by atoms with E-state index in [0.29, 0.717) is 5.56 Å². The molecule has 0 aromatic heterocycles. The van der Waals surface area contributed by atoms with Crippen LogP contribution in [0.1, 0.15) is 24.2 Å². The fourth-order valence-electron chi connectivity index (χ4n) is 1.49. The normalized spacial score (nSPS) is 14.2. The number of benzene rings is 1. The zero-order valence-electron chi connectivity index (χ0n) is 9.47. The van der Waals surface area contributed by atoms with E-state index in [1.807, 2.05) is 19.1 Å². The van der Waals surface area contributed by atoms with Gasteiger partial charge >= 0.3 is 0 Å². The van der Waals surface area contributed by atoms with Crippen molar-refractivity contribution in [3.8, 4) is 0 Å². The first kappa shape index (κ1) is 12.7. The molecular formula is C12H17NO3. The largest absolute Gasteiger partial charge is 0.388 e. The van der Waals surface area contributed by atoms with E-state index >= 15 is 0 Å². The molecule has 88 valence electrons. The molecule has 3 N–H and O–H groups in total. The van der Waals surface area contributed by atoms with Crippen LogP contribution in [0.2, 0.25) is 0 Å². The van der Waals surface area contributed by atoms with Crippen LogP contribution in [-0.2, 0) is 4.79 Å².